The molecule has 1 N–H and O–H groups in total. The van der Waals surface area contributed by atoms with Crippen LogP contribution in [0.1, 0.15) is 19.5 Å². The third-order valence-corrected chi connectivity index (χ3v) is 5.55. The number of rotatable bonds is 4. The van der Waals surface area contributed by atoms with E-state index in [4.69, 9.17) is 9.72 Å². The number of fused-ring (bicyclic) bond motifs is 1. The molecule has 0 aromatic carbocycles. The first-order chi connectivity index (χ1) is 14.2. The molecule has 1 aliphatic heterocycles. The monoisotopic (exact) mass is 388 g/mol. The molecular weight excluding hydrogens is 364 g/mol. The molecule has 0 amide bonds. The van der Waals surface area contributed by atoms with Crippen LogP contribution in [0.4, 0.5) is 5.82 Å². The van der Waals surface area contributed by atoms with Crippen molar-refractivity contribution < 1.29 is 4.74 Å². The number of aryl methyl sites for hydroxylation is 1. The Morgan fingerprint density at radius 1 is 1.24 bits per heavy atom. The van der Waals surface area contributed by atoms with Gasteiger partial charge in [-0.05, 0) is 37.1 Å². The van der Waals surface area contributed by atoms with Crippen molar-refractivity contribution in [3.05, 3.63) is 54.6 Å². The third kappa shape index (κ3) is 3.17. The van der Waals surface area contributed by atoms with Crippen LogP contribution in [0.15, 0.2) is 48.9 Å². The summed E-state index contributed by atoms with van der Waals surface area (Å²) < 4.78 is 7.68. The minimum atomic E-state index is 0.276. The highest BCUT2D eigenvalue weighted by Gasteiger charge is 2.23. The Kier molecular flexibility index (Phi) is 4.52. The first-order valence-corrected chi connectivity index (χ1v) is 10.1. The molecular formula is C22H24N6O. The fourth-order valence-corrected chi connectivity index (χ4v) is 3.92. The second kappa shape index (κ2) is 7.33. The minimum Gasteiger partial charge on any atom is -0.377 e. The van der Waals surface area contributed by atoms with E-state index in [1.54, 1.807) is 6.20 Å². The molecule has 5 heterocycles. The smallest absolute Gasteiger partial charge is 0.148 e. The van der Waals surface area contributed by atoms with Gasteiger partial charge in [0.05, 0.1) is 25.5 Å². The molecule has 1 aliphatic rings. The van der Waals surface area contributed by atoms with Crippen molar-refractivity contribution in [2.45, 2.75) is 26.3 Å². The van der Waals surface area contributed by atoms with Crippen molar-refractivity contribution in [1.29, 1.82) is 0 Å². The zero-order chi connectivity index (χ0) is 19.8. The van der Waals surface area contributed by atoms with Crippen LogP contribution in [-0.2, 0) is 11.2 Å². The Bertz CT molecular complexity index is 1120. The molecule has 148 valence electrons. The maximum Gasteiger partial charge on any atom is 0.148 e. The fourth-order valence-electron chi connectivity index (χ4n) is 3.92. The van der Waals surface area contributed by atoms with Gasteiger partial charge in [-0.25, -0.2) is 4.98 Å². The summed E-state index contributed by atoms with van der Waals surface area (Å²) in [5.74, 6) is 1.85. The molecule has 4 aromatic rings. The number of hydrogen-bond acceptors (Lipinski definition) is 5. The number of nitrogens with one attached hydrogen (secondary N) is 1. The van der Waals surface area contributed by atoms with E-state index < -0.39 is 0 Å². The molecule has 1 fully saturated rings. The Morgan fingerprint density at radius 3 is 2.90 bits per heavy atom. The Hall–Kier alpha value is -3.19. The zero-order valence-electron chi connectivity index (χ0n) is 16.7. The number of hydrogen-bond donors (Lipinski definition) is 1. The van der Waals surface area contributed by atoms with Gasteiger partial charge in [-0.3, -0.25) is 14.6 Å². The lowest BCUT2D eigenvalue weighted by atomic mass is 10.0. The Morgan fingerprint density at radius 2 is 2.17 bits per heavy atom. The molecule has 0 radical (unpaired) electrons. The number of aromatic amines is 1. The summed E-state index contributed by atoms with van der Waals surface area (Å²) in [5.41, 5.74) is 4.23. The van der Waals surface area contributed by atoms with Crippen molar-refractivity contribution >= 4 is 16.9 Å². The Labute approximate surface area is 169 Å². The SMILES string of the molecule is CCc1ccc(-c2cc(N3CCOC[C@H]3C)nc3c2ccn3-c2ccn[nH]2)cn1. The zero-order valence-corrected chi connectivity index (χ0v) is 16.7. The van der Waals surface area contributed by atoms with Gasteiger partial charge in [-0.15, -0.1) is 0 Å². The summed E-state index contributed by atoms with van der Waals surface area (Å²) in [4.78, 5) is 12.0. The molecule has 29 heavy (non-hydrogen) atoms. The molecule has 0 unspecified atom stereocenters. The van der Waals surface area contributed by atoms with Crippen LogP contribution in [0.2, 0.25) is 0 Å². The maximum atomic E-state index is 5.63. The van der Waals surface area contributed by atoms with E-state index in [1.165, 1.54) is 0 Å². The highest BCUT2D eigenvalue weighted by Crippen LogP contribution is 2.33. The van der Waals surface area contributed by atoms with Crippen LogP contribution in [-0.4, -0.2) is 50.5 Å². The number of aromatic nitrogens is 5. The lowest BCUT2D eigenvalue weighted by Gasteiger charge is -2.34. The highest BCUT2D eigenvalue weighted by molar-refractivity contribution is 5.95. The van der Waals surface area contributed by atoms with Gasteiger partial charge in [0.25, 0.3) is 0 Å². The van der Waals surface area contributed by atoms with Crippen LogP contribution in [0.5, 0.6) is 0 Å². The third-order valence-electron chi connectivity index (χ3n) is 5.55. The van der Waals surface area contributed by atoms with Crippen LogP contribution in [0.25, 0.3) is 28.0 Å². The quantitative estimate of drug-likeness (QED) is 0.578. The van der Waals surface area contributed by atoms with Crippen LogP contribution >= 0.6 is 0 Å². The van der Waals surface area contributed by atoms with E-state index in [0.29, 0.717) is 13.2 Å². The second-order valence-electron chi connectivity index (χ2n) is 7.40. The summed E-state index contributed by atoms with van der Waals surface area (Å²) in [6.07, 6.45) is 6.69. The van der Waals surface area contributed by atoms with Crippen LogP contribution in [0.3, 0.4) is 0 Å². The largest absolute Gasteiger partial charge is 0.377 e. The summed E-state index contributed by atoms with van der Waals surface area (Å²) in [7, 11) is 0. The van der Waals surface area contributed by atoms with Gasteiger partial charge in [-0.1, -0.05) is 13.0 Å². The van der Waals surface area contributed by atoms with E-state index >= 15 is 0 Å². The topological polar surface area (TPSA) is 71.9 Å². The van der Waals surface area contributed by atoms with Gasteiger partial charge in [-0.2, -0.15) is 5.10 Å². The van der Waals surface area contributed by atoms with E-state index in [2.05, 4.69) is 58.2 Å². The summed E-state index contributed by atoms with van der Waals surface area (Å²) in [6.45, 7) is 6.55. The second-order valence-corrected chi connectivity index (χ2v) is 7.40. The summed E-state index contributed by atoms with van der Waals surface area (Å²) >= 11 is 0. The molecule has 7 heteroatoms. The molecule has 7 nitrogen and oxygen atoms in total. The molecule has 0 saturated carbocycles. The number of H-pyrrole nitrogens is 1. The summed E-state index contributed by atoms with van der Waals surface area (Å²) in [5, 5.41) is 8.23. The van der Waals surface area contributed by atoms with Gasteiger partial charge in [0.15, 0.2) is 0 Å². The molecule has 0 aliphatic carbocycles. The van der Waals surface area contributed by atoms with Crippen LogP contribution in [0, 0.1) is 0 Å². The average molecular weight is 388 g/mol. The molecule has 0 spiro atoms. The van der Waals surface area contributed by atoms with Gasteiger partial charge in [0.1, 0.15) is 17.3 Å². The summed E-state index contributed by atoms with van der Waals surface area (Å²) in [6, 6.07) is 10.8. The first-order valence-electron chi connectivity index (χ1n) is 10.1. The minimum absolute atomic E-state index is 0.276. The number of morpholine rings is 1. The van der Waals surface area contributed by atoms with Crippen molar-refractivity contribution in [2.24, 2.45) is 0 Å². The molecule has 1 atom stereocenters. The number of ether oxygens (including phenoxy) is 1. The van der Waals surface area contributed by atoms with E-state index in [1.807, 2.05) is 23.0 Å². The first kappa shape index (κ1) is 17.9. The predicted octanol–water partition coefficient (Wildman–Crippen LogP) is 3.60. The fraction of sp³-hybridized carbons (Fsp3) is 0.318. The van der Waals surface area contributed by atoms with Crippen molar-refractivity contribution in [2.75, 3.05) is 24.7 Å². The van der Waals surface area contributed by atoms with Gasteiger partial charge in [0.2, 0.25) is 0 Å². The lowest BCUT2D eigenvalue weighted by Crippen LogP contribution is -2.44. The predicted molar refractivity (Wildman–Crippen MR) is 113 cm³/mol. The van der Waals surface area contributed by atoms with Gasteiger partial charge < -0.3 is 9.64 Å². The number of nitrogens with zero attached hydrogens (tertiary/aromatic N) is 5. The molecule has 0 bridgehead atoms. The van der Waals surface area contributed by atoms with Crippen molar-refractivity contribution in [3.8, 4) is 16.9 Å². The average Bonchev–Trinajstić information content (AvgIpc) is 3.43. The molecule has 5 rings (SSSR count). The highest BCUT2D eigenvalue weighted by atomic mass is 16.5. The Balaban J connectivity index is 1.71. The molecule has 1 saturated heterocycles. The van der Waals surface area contributed by atoms with E-state index in [-0.39, 0.29) is 6.04 Å². The normalized spacial score (nSPS) is 17.2. The molecule has 4 aromatic heterocycles. The van der Waals surface area contributed by atoms with Crippen LogP contribution < -0.4 is 4.90 Å². The van der Waals surface area contributed by atoms with E-state index in [9.17, 15) is 0 Å². The van der Waals surface area contributed by atoms with Crippen molar-refractivity contribution in [1.82, 2.24) is 24.7 Å². The number of anilines is 1. The standard InChI is InChI=1S/C22H24N6O/c1-3-17-5-4-16(13-23-17)19-12-21(27-10-11-29-14-15(27)2)25-22-18(19)7-9-28(22)20-6-8-24-26-20/h4-9,12-13,15H,3,10-11,14H2,1-2H3,(H,24,26)/t15-/m1/s1. The lowest BCUT2D eigenvalue weighted by molar-refractivity contribution is 0.0986. The maximum absolute atomic E-state index is 5.63. The van der Waals surface area contributed by atoms with E-state index in [0.717, 1.165) is 52.5 Å². The van der Waals surface area contributed by atoms with Gasteiger partial charge in [0, 0.05) is 41.6 Å². The van der Waals surface area contributed by atoms with Gasteiger partial charge >= 0.3 is 0 Å². The number of pyridine rings is 2. The van der Waals surface area contributed by atoms with Crippen molar-refractivity contribution in [3.63, 3.8) is 0 Å².